The molecular formula is C22H32ClN3O4. The molecule has 1 atom stereocenters. The summed E-state index contributed by atoms with van der Waals surface area (Å²) >= 11 is 6.48. The third-order valence-electron chi connectivity index (χ3n) is 5.59. The summed E-state index contributed by atoms with van der Waals surface area (Å²) in [4.78, 5) is 29.1. The molecule has 30 heavy (non-hydrogen) atoms. The number of rotatable bonds is 6. The van der Waals surface area contributed by atoms with Crippen LogP contribution in [0.3, 0.4) is 0 Å². The van der Waals surface area contributed by atoms with Gasteiger partial charge in [0.15, 0.2) is 5.60 Å². The number of halogens is 1. The maximum absolute atomic E-state index is 12.9. The molecule has 2 aliphatic heterocycles. The van der Waals surface area contributed by atoms with E-state index in [2.05, 4.69) is 10.2 Å². The Morgan fingerprint density at radius 2 is 1.97 bits per heavy atom. The lowest BCUT2D eigenvalue weighted by Crippen LogP contribution is -2.54. The first kappa shape index (κ1) is 22.7. The van der Waals surface area contributed by atoms with Gasteiger partial charge < -0.3 is 24.6 Å². The molecule has 0 aliphatic carbocycles. The number of hydrogen-bond donors (Lipinski definition) is 1. The predicted molar refractivity (Wildman–Crippen MR) is 117 cm³/mol. The van der Waals surface area contributed by atoms with Crippen LogP contribution in [-0.4, -0.2) is 68.3 Å². The Hall–Kier alpha value is -1.99. The van der Waals surface area contributed by atoms with Crippen molar-refractivity contribution in [3.05, 3.63) is 23.2 Å². The van der Waals surface area contributed by atoms with Crippen LogP contribution in [0.5, 0.6) is 5.75 Å². The van der Waals surface area contributed by atoms with E-state index >= 15 is 0 Å². The minimum atomic E-state index is -0.988. The first-order chi connectivity index (χ1) is 14.3. The van der Waals surface area contributed by atoms with Crippen LogP contribution < -0.4 is 15.0 Å². The van der Waals surface area contributed by atoms with Crippen LogP contribution in [0.4, 0.5) is 5.69 Å². The van der Waals surface area contributed by atoms with Crippen LogP contribution in [0.25, 0.3) is 0 Å². The molecule has 1 aromatic carbocycles. The molecule has 0 spiro atoms. The van der Waals surface area contributed by atoms with Crippen molar-refractivity contribution >= 4 is 29.2 Å². The van der Waals surface area contributed by atoms with E-state index in [-0.39, 0.29) is 17.8 Å². The zero-order valence-electron chi connectivity index (χ0n) is 18.1. The van der Waals surface area contributed by atoms with Gasteiger partial charge in [0, 0.05) is 45.3 Å². The molecule has 166 valence electrons. The summed E-state index contributed by atoms with van der Waals surface area (Å²) in [6.07, 6.45) is 1.70. The van der Waals surface area contributed by atoms with Crippen LogP contribution in [-0.2, 0) is 14.3 Å². The van der Waals surface area contributed by atoms with Gasteiger partial charge >= 0.3 is 5.97 Å². The summed E-state index contributed by atoms with van der Waals surface area (Å²) in [6.45, 7) is 10.1. The summed E-state index contributed by atoms with van der Waals surface area (Å²) in [5, 5.41) is 3.85. The van der Waals surface area contributed by atoms with Crippen molar-refractivity contribution in [2.45, 2.75) is 39.2 Å². The molecule has 0 bridgehead atoms. The number of carbonyl (C=O) groups is 2. The number of carbonyl (C=O) groups excluding carboxylic acids is 2. The highest BCUT2D eigenvalue weighted by molar-refractivity contribution is 6.33. The molecule has 0 unspecified atom stereocenters. The first-order valence-corrected chi connectivity index (χ1v) is 11.1. The Morgan fingerprint density at radius 1 is 1.23 bits per heavy atom. The molecule has 3 rings (SSSR count). The summed E-state index contributed by atoms with van der Waals surface area (Å²) < 4.78 is 11.3. The largest absolute Gasteiger partial charge is 0.478 e. The molecule has 2 heterocycles. The van der Waals surface area contributed by atoms with Crippen molar-refractivity contribution in [1.29, 1.82) is 0 Å². The number of piperazine rings is 1. The second-order valence-corrected chi connectivity index (χ2v) is 8.71. The van der Waals surface area contributed by atoms with E-state index in [1.807, 2.05) is 17.9 Å². The van der Waals surface area contributed by atoms with E-state index in [9.17, 15) is 9.59 Å². The van der Waals surface area contributed by atoms with Gasteiger partial charge in [-0.2, -0.15) is 0 Å². The second kappa shape index (κ2) is 9.88. The van der Waals surface area contributed by atoms with E-state index in [1.54, 1.807) is 26.0 Å². The number of benzene rings is 1. The van der Waals surface area contributed by atoms with Crippen LogP contribution >= 0.6 is 11.6 Å². The average Bonchev–Trinajstić information content (AvgIpc) is 2.75. The van der Waals surface area contributed by atoms with E-state index in [0.29, 0.717) is 37.0 Å². The number of amides is 1. The molecule has 0 radical (unpaired) electrons. The fourth-order valence-corrected chi connectivity index (χ4v) is 4.27. The van der Waals surface area contributed by atoms with Crippen LogP contribution in [0, 0.1) is 5.92 Å². The van der Waals surface area contributed by atoms with Gasteiger partial charge in [-0.3, -0.25) is 9.59 Å². The van der Waals surface area contributed by atoms with Crippen LogP contribution in [0.2, 0.25) is 5.02 Å². The van der Waals surface area contributed by atoms with E-state index < -0.39 is 5.60 Å². The number of hydrogen-bond acceptors (Lipinski definition) is 6. The monoisotopic (exact) mass is 437 g/mol. The minimum Gasteiger partial charge on any atom is -0.478 e. The van der Waals surface area contributed by atoms with Gasteiger partial charge in [-0.05, 0) is 45.7 Å². The molecule has 1 N–H and O–H groups in total. The summed E-state index contributed by atoms with van der Waals surface area (Å²) in [5.41, 5.74) is -0.175. The van der Waals surface area contributed by atoms with Crippen molar-refractivity contribution in [2.75, 3.05) is 50.8 Å². The SMILES string of the molecule is CCOC(=O)[C@@H]1CCCN(c2cc(OC(C)(C)C(=O)N3CCNCC3)ccc2Cl)C1. The average molecular weight is 438 g/mol. The first-order valence-electron chi connectivity index (χ1n) is 10.7. The Morgan fingerprint density at radius 3 is 2.67 bits per heavy atom. The maximum atomic E-state index is 12.9. The van der Waals surface area contributed by atoms with Crippen LogP contribution in [0.1, 0.15) is 33.6 Å². The van der Waals surface area contributed by atoms with Gasteiger partial charge in [0.2, 0.25) is 0 Å². The molecule has 7 nitrogen and oxygen atoms in total. The number of anilines is 1. The van der Waals surface area contributed by atoms with E-state index in [4.69, 9.17) is 21.1 Å². The highest BCUT2D eigenvalue weighted by Gasteiger charge is 2.35. The van der Waals surface area contributed by atoms with Gasteiger partial charge in [-0.1, -0.05) is 11.6 Å². The Kier molecular flexibility index (Phi) is 7.47. The van der Waals surface area contributed by atoms with Crippen LogP contribution in [0.15, 0.2) is 18.2 Å². The summed E-state index contributed by atoms with van der Waals surface area (Å²) in [7, 11) is 0. The van der Waals surface area contributed by atoms with Gasteiger partial charge in [-0.25, -0.2) is 0 Å². The lowest BCUT2D eigenvalue weighted by Gasteiger charge is -2.36. The van der Waals surface area contributed by atoms with E-state index in [0.717, 1.165) is 38.2 Å². The van der Waals surface area contributed by atoms with Gasteiger partial charge in [0.25, 0.3) is 5.91 Å². The lowest BCUT2D eigenvalue weighted by molar-refractivity contribution is -0.148. The molecule has 2 aliphatic rings. The lowest BCUT2D eigenvalue weighted by atomic mass is 9.97. The third-order valence-corrected chi connectivity index (χ3v) is 5.91. The van der Waals surface area contributed by atoms with Crippen molar-refractivity contribution in [3.63, 3.8) is 0 Å². The standard InChI is InChI=1S/C22H32ClN3O4/c1-4-29-20(27)16-6-5-11-26(15-16)19-14-17(7-8-18(19)23)30-22(2,3)21(28)25-12-9-24-10-13-25/h7-8,14,16,24H,4-6,9-13,15H2,1-3H3/t16-/m1/s1. The molecular weight excluding hydrogens is 406 g/mol. The predicted octanol–water partition coefficient (Wildman–Crippen LogP) is 2.71. The van der Waals surface area contributed by atoms with E-state index in [1.165, 1.54) is 0 Å². The molecule has 2 saturated heterocycles. The number of ether oxygens (including phenoxy) is 2. The topological polar surface area (TPSA) is 71.1 Å². The summed E-state index contributed by atoms with van der Waals surface area (Å²) in [5.74, 6) is 0.237. The fourth-order valence-electron chi connectivity index (χ4n) is 4.03. The molecule has 0 aromatic heterocycles. The molecule has 0 saturated carbocycles. The fraction of sp³-hybridized carbons (Fsp3) is 0.636. The van der Waals surface area contributed by atoms with Crippen molar-refractivity contribution in [2.24, 2.45) is 5.92 Å². The normalized spacial score (nSPS) is 20.1. The van der Waals surface area contributed by atoms with Gasteiger partial charge in [0.1, 0.15) is 5.75 Å². The zero-order valence-corrected chi connectivity index (χ0v) is 18.8. The smallest absolute Gasteiger partial charge is 0.310 e. The Balaban J connectivity index is 1.73. The third kappa shape index (κ3) is 5.38. The Labute approximate surface area is 183 Å². The molecule has 8 heteroatoms. The number of nitrogens with one attached hydrogen (secondary N) is 1. The number of esters is 1. The van der Waals surface area contributed by atoms with Gasteiger partial charge in [0.05, 0.1) is 23.2 Å². The molecule has 1 aromatic rings. The highest BCUT2D eigenvalue weighted by Crippen LogP contribution is 2.34. The number of nitrogens with zero attached hydrogens (tertiary/aromatic N) is 2. The van der Waals surface area contributed by atoms with Crippen molar-refractivity contribution in [1.82, 2.24) is 10.2 Å². The summed E-state index contributed by atoms with van der Waals surface area (Å²) in [6, 6.07) is 5.43. The number of piperidine rings is 1. The highest BCUT2D eigenvalue weighted by atomic mass is 35.5. The zero-order chi connectivity index (χ0) is 21.7. The molecule has 1 amide bonds. The Bertz CT molecular complexity index is 765. The second-order valence-electron chi connectivity index (χ2n) is 8.31. The minimum absolute atomic E-state index is 0.0270. The van der Waals surface area contributed by atoms with Crippen molar-refractivity contribution < 1.29 is 19.1 Å². The quantitative estimate of drug-likeness (QED) is 0.690. The maximum Gasteiger partial charge on any atom is 0.310 e. The molecule has 2 fully saturated rings. The van der Waals surface area contributed by atoms with Gasteiger partial charge in [-0.15, -0.1) is 0 Å². The van der Waals surface area contributed by atoms with Crippen molar-refractivity contribution in [3.8, 4) is 5.75 Å².